The third kappa shape index (κ3) is 12.0. The Morgan fingerprint density at radius 3 is 0.579 bits per heavy atom. The number of hydrogen-bond donors (Lipinski definition) is 0. The van der Waals surface area contributed by atoms with Crippen molar-refractivity contribution in [1.29, 1.82) is 0 Å². The second-order valence-corrected chi connectivity index (χ2v) is 30.9. The Bertz CT molecular complexity index is 5590. The molecule has 0 amide bonds. The molecule has 6 nitrogen and oxygen atoms in total. The molecule has 1 heterocycles. The molecule has 16 aromatic rings. The molecule has 15 aromatic carbocycles. The van der Waals surface area contributed by atoms with Gasteiger partial charge in [0, 0.05) is 84.1 Å². The summed E-state index contributed by atoms with van der Waals surface area (Å²) in [6.07, 6.45) is 5.44. The van der Waals surface area contributed by atoms with Crippen molar-refractivity contribution < 1.29 is 0 Å². The van der Waals surface area contributed by atoms with E-state index < -0.39 is 0 Å². The first-order valence-corrected chi connectivity index (χ1v) is 40.8. The van der Waals surface area contributed by atoms with Gasteiger partial charge in [-0.25, -0.2) is 15.0 Å². The largest absolute Gasteiger partial charge is 0.310 e. The summed E-state index contributed by atoms with van der Waals surface area (Å²) in [6.45, 7) is 14.2. The van der Waals surface area contributed by atoms with Gasteiger partial charge in [-0.05, 0) is 266 Å². The van der Waals surface area contributed by atoms with E-state index in [0.717, 1.165) is 106 Å². The number of hydrogen-bond acceptors (Lipinski definition) is 6. The lowest BCUT2D eigenvalue weighted by atomic mass is 9.73. The average molecular weight is 1470 g/mol. The highest BCUT2D eigenvalue weighted by molar-refractivity contribution is 5.92. The Labute approximate surface area is 671 Å². The van der Waals surface area contributed by atoms with Crippen LogP contribution in [0.25, 0.3) is 101 Å². The molecule has 0 unspecified atom stereocenters. The van der Waals surface area contributed by atoms with Crippen LogP contribution in [0.4, 0.5) is 51.2 Å². The van der Waals surface area contributed by atoms with Crippen LogP contribution in [0, 0.1) is 0 Å². The Morgan fingerprint density at radius 1 is 0.175 bits per heavy atom. The maximum absolute atomic E-state index is 5.73. The molecule has 19 rings (SSSR count). The van der Waals surface area contributed by atoms with Crippen LogP contribution < -0.4 is 14.7 Å². The molecule has 0 N–H and O–H groups in total. The molecule has 0 saturated heterocycles. The minimum Gasteiger partial charge on any atom is -0.310 e. The molecular formula is C108H90N6. The molecule has 0 aliphatic heterocycles. The number of aromatic nitrogens is 3. The fourth-order valence-electron chi connectivity index (χ4n) is 19.5. The van der Waals surface area contributed by atoms with E-state index in [1.165, 1.54) is 100 Å². The lowest BCUT2D eigenvalue weighted by molar-refractivity contribution is 0.490. The number of para-hydroxylation sites is 3. The van der Waals surface area contributed by atoms with Crippen molar-refractivity contribution in [2.75, 3.05) is 14.7 Å². The summed E-state index contributed by atoms with van der Waals surface area (Å²) >= 11 is 0. The predicted molar refractivity (Wildman–Crippen MR) is 477 cm³/mol. The van der Waals surface area contributed by atoms with Crippen molar-refractivity contribution in [3.05, 3.63) is 397 Å². The Hall–Kier alpha value is -13.3. The quantitative estimate of drug-likeness (QED) is 0.0715. The van der Waals surface area contributed by atoms with Crippen LogP contribution in [0.15, 0.2) is 364 Å². The van der Waals surface area contributed by atoms with Crippen LogP contribution >= 0.6 is 0 Å². The predicted octanol–water partition coefficient (Wildman–Crippen LogP) is 29.5. The van der Waals surface area contributed by atoms with Gasteiger partial charge in [-0.1, -0.05) is 278 Å². The fourth-order valence-corrected chi connectivity index (χ4v) is 19.5. The van der Waals surface area contributed by atoms with Gasteiger partial charge in [-0.2, -0.15) is 0 Å². The summed E-state index contributed by atoms with van der Waals surface area (Å²) in [6, 6.07) is 134. The molecule has 0 atom stereocenters. The van der Waals surface area contributed by atoms with Crippen molar-refractivity contribution in [2.24, 2.45) is 0 Å². The Kier molecular flexibility index (Phi) is 18.3. The summed E-state index contributed by atoms with van der Waals surface area (Å²) in [5, 5.41) is 0. The van der Waals surface area contributed by atoms with Gasteiger partial charge in [0.25, 0.3) is 0 Å². The third-order valence-corrected chi connectivity index (χ3v) is 25.6. The van der Waals surface area contributed by atoms with E-state index in [1.54, 1.807) is 0 Å². The number of benzene rings is 15. The van der Waals surface area contributed by atoms with Crippen molar-refractivity contribution in [1.82, 2.24) is 15.0 Å². The molecule has 552 valence electrons. The van der Waals surface area contributed by atoms with Crippen LogP contribution in [0.3, 0.4) is 0 Å². The highest BCUT2D eigenvalue weighted by Gasteiger charge is 2.45. The minimum absolute atomic E-state index is 0.303. The van der Waals surface area contributed by atoms with Gasteiger partial charge in [0.05, 0.1) is 0 Å². The maximum Gasteiger partial charge on any atom is 0.164 e. The zero-order valence-electron chi connectivity index (χ0n) is 65.6. The molecule has 0 radical (unpaired) electrons. The highest BCUT2D eigenvalue weighted by Crippen LogP contribution is 2.59. The second-order valence-electron chi connectivity index (χ2n) is 30.9. The molecule has 114 heavy (non-hydrogen) atoms. The van der Waals surface area contributed by atoms with Gasteiger partial charge in [-0.15, -0.1) is 0 Å². The first-order valence-electron chi connectivity index (χ1n) is 40.8. The van der Waals surface area contributed by atoms with Crippen molar-refractivity contribution in [2.45, 2.75) is 96.3 Å². The Balaban J connectivity index is 0.733. The lowest BCUT2D eigenvalue weighted by Gasteiger charge is -2.32. The lowest BCUT2D eigenvalue weighted by Crippen LogP contribution is -2.24. The van der Waals surface area contributed by atoms with Crippen molar-refractivity contribution in [3.8, 4) is 101 Å². The van der Waals surface area contributed by atoms with E-state index in [0.29, 0.717) is 17.5 Å². The number of fused-ring (bicyclic) bond motifs is 9. The molecule has 3 aliphatic carbocycles. The zero-order valence-corrected chi connectivity index (χ0v) is 65.6. The van der Waals surface area contributed by atoms with Crippen LogP contribution in [0.1, 0.15) is 113 Å². The van der Waals surface area contributed by atoms with E-state index in [2.05, 4.69) is 420 Å². The van der Waals surface area contributed by atoms with Crippen molar-refractivity contribution in [3.63, 3.8) is 0 Å². The van der Waals surface area contributed by atoms with Crippen LogP contribution in [-0.2, 0) is 16.2 Å². The van der Waals surface area contributed by atoms with Gasteiger partial charge in [0.15, 0.2) is 17.5 Å². The molecule has 0 saturated carbocycles. The fraction of sp³-hybridized carbons (Fsp3) is 0.139. The third-order valence-electron chi connectivity index (χ3n) is 25.6. The van der Waals surface area contributed by atoms with E-state index in [1.807, 2.05) is 0 Å². The van der Waals surface area contributed by atoms with Crippen LogP contribution in [0.5, 0.6) is 0 Å². The van der Waals surface area contributed by atoms with Crippen LogP contribution in [0.2, 0.25) is 0 Å². The number of anilines is 9. The summed E-state index contributed by atoms with van der Waals surface area (Å²) in [7, 11) is 0. The average Bonchev–Trinajstić information content (AvgIpc) is 1.57. The number of nitrogens with zero attached hydrogens (tertiary/aromatic N) is 6. The van der Waals surface area contributed by atoms with Gasteiger partial charge in [-0.3, -0.25) is 0 Å². The van der Waals surface area contributed by atoms with Crippen LogP contribution in [-0.4, -0.2) is 15.0 Å². The van der Waals surface area contributed by atoms with E-state index in [4.69, 9.17) is 15.0 Å². The van der Waals surface area contributed by atoms with Gasteiger partial charge < -0.3 is 14.7 Å². The van der Waals surface area contributed by atoms with E-state index in [9.17, 15) is 0 Å². The molecular weight excluding hydrogens is 1380 g/mol. The normalized spacial score (nSPS) is 13.4. The standard InChI is InChI=1S/C108H90N6/c1-7-106(8-2)97-67-79(49-61-91(97)94-64-58-88(70-100(94)106)112(82-37-25-16-26-38-82)85-52-43-76(44-53-85)73-31-19-13-20-32-73)103-109-104(80-50-62-92-95-65-59-89(71-101(95)107(9-3,10-4)98(92)68-80)113(83-39-27-17-28-40-83)86-54-45-77(46-55-86)74-33-21-14-22-34-74)111-105(110-103)81-51-63-93-96-66-60-90(72-102(96)108(11-5,12-6)99(93)69-81)114(84-41-29-18-30-42-84)87-56-47-78(48-57-87)75-35-23-15-24-36-75/h13-72H,7-12H2,1-6H3. The SMILES string of the molecule is CCC1(CC)c2cc(-c3nc(-c4ccc5c(c4)C(CC)(CC)c4cc(N(c6ccccc6)c6ccc(-c7ccccc7)cc6)ccc4-5)nc(-c4ccc5c(c4)C(CC)(CC)c4cc(N(c6ccccc6)c6ccc(-c7ccccc7)cc6)ccc4-5)n3)ccc2-c2ccc(N(c3ccccc3)c3ccc(-c4ccccc4)cc3)cc21. The molecule has 0 fully saturated rings. The minimum atomic E-state index is -0.303. The molecule has 3 aliphatic rings. The van der Waals surface area contributed by atoms with E-state index in [-0.39, 0.29) is 16.2 Å². The first kappa shape index (κ1) is 71.1. The molecule has 6 heteroatoms. The monoisotopic (exact) mass is 1470 g/mol. The summed E-state index contributed by atoms with van der Waals surface area (Å²) < 4.78 is 0. The molecule has 1 aromatic heterocycles. The first-order chi connectivity index (χ1) is 56.1. The maximum atomic E-state index is 5.73. The summed E-state index contributed by atoms with van der Waals surface area (Å²) in [4.78, 5) is 24.4. The summed E-state index contributed by atoms with van der Waals surface area (Å²) in [5.41, 5.74) is 34.7. The zero-order chi connectivity index (χ0) is 77.1. The van der Waals surface area contributed by atoms with E-state index >= 15 is 0 Å². The molecule has 0 spiro atoms. The smallest absolute Gasteiger partial charge is 0.164 e. The summed E-state index contributed by atoms with van der Waals surface area (Å²) in [5.74, 6) is 1.95. The second kappa shape index (κ2) is 29.4. The Morgan fingerprint density at radius 2 is 0.351 bits per heavy atom. The topological polar surface area (TPSA) is 48.4 Å². The van der Waals surface area contributed by atoms with Gasteiger partial charge >= 0.3 is 0 Å². The molecule has 0 bridgehead atoms. The van der Waals surface area contributed by atoms with Gasteiger partial charge in [0.1, 0.15) is 0 Å². The highest BCUT2D eigenvalue weighted by atomic mass is 15.2. The number of rotatable bonds is 21. The van der Waals surface area contributed by atoms with Gasteiger partial charge in [0.2, 0.25) is 0 Å². The van der Waals surface area contributed by atoms with Crippen molar-refractivity contribution >= 4 is 51.2 Å².